The molecule has 1 amide bonds. The van der Waals surface area contributed by atoms with E-state index in [1.165, 1.54) is 11.3 Å². The molecule has 0 atom stereocenters. The third-order valence-electron chi connectivity index (χ3n) is 3.06. The number of nitrogens with two attached hydrogens (primary N) is 1. The number of aryl methyl sites for hydroxylation is 1. The zero-order valence-corrected chi connectivity index (χ0v) is 12.8. The predicted octanol–water partition coefficient (Wildman–Crippen LogP) is 4.09. The van der Waals surface area contributed by atoms with Crippen LogP contribution in [0.3, 0.4) is 0 Å². The number of carbonyl (C=O) groups excluding carboxylic acids is 1. The minimum Gasteiger partial charge on any atom is -0.396 e. The van der Waals surface area contributed by atoms with Gasteiger partial charge in [-0.25, -0.2) is 0 Å². The molecule has 0 aliphatic rings. The molecule has 0 fully saturated rings. The van der Waals surface area contributed by atoms with Crippen molar-refractivity contribution < 1.29 is 4.79 Å². The van der Waals surface area contributed by atoms with Gasteiger partial charge < -0.3 is 11.1 Å². The highest BCUT2D eigenvalue weighted by atomic mass is 35.5. The van der Waals surface area contributed by atoms with E-state index in [1.54, 1.807) is 18.3 Å². The molecule has 0 aliphatic heterocycles. The van der Waals surface area contributed by atoms with Crippen molar-refractivity contribution in [3.05, 3.63) is 52.0 Å². The number of amides is 1. The smallest absolute Gasteiger partial charge is 0.267 e. The summed E-state index contributed by atoms with van der Waals surface area (Å²) in [4.78, 5) is 17.0. The molecule has 2 heterocycles. The summed E-state index contributed by atoms with van der Waals surface area (Å²) < 4.78 is 0.884. The molecule has 2 aromatic heterocycles. The first-order chi connectivity index (χ1) is 10.1. The van der Waals surface area contributed by atoms with E-state index in [0.29, 0.717) is 26.8 Å². The monoisotopic (exact) mass is 317 g/mol. The molecule has 6 heteroatoms. The second-order valence-corrected chi connectivity index (χ2v) is 6.09. The highest BCUT2D eigenvalue weighted by molar-refractivity contribution is 7.21. The number of hydrogen-bond donors (Lipinski definition) is 2. The van der Waals surface area contributed by atoms with Crippen LogP contribution in [0.2, 0.25) is 5.02 Å². The Labute approximate surface area is 130 Å². The molecule has 21 heavy (non-hydrogen) atoms. The third-order valence-corrected chi connectivity index (χ3v) is 4.53. The van der Waals surface area contributed by atoms with E-state index in [2.05, 4.69) is 10.3 Å². The molecule has 0 bridgehead atoms. The Morgan fingerprint density at radius 2 is 2.19 bits per heavy atom. The first-order valence-corrected chi connectivity index (χ1v) is 7.46. The van der Waals surface area contributed by atoms with Crippen LogP contribution in [0.25, 0.3) is 10.2 Å². The summed E-state index contributed by atoms with van der Waals surface area (Å²) >= 11 is 7.44. The number of benzene rings is 1. The van der Waals surface area contributed by atoms with Crippen LogP contribution in [-0.2, 0) is 0 Å². The number of thiophene rings is 1. The Bertz CT molecular complexity index is 844. The number of pyridine rings is 1. The topological polar surface area (TPSA) is 68.0 Å². The number of rotatable bonds is 2. The number of nitrogens with zero attached hydrogens (tertiary/aromatic N) is 1. The van der Waals surface area contributed by atoms with Gasteiger partial charge >= 0.3 is 0 Å². The van der Waals surface area contributed by atoms with Gasteiger partial charge in [-0.05, 0) is 36.8 Å². The van der Waals surface area contributed by atoms with Crippen molar-refractivity contribution in [3.63, 3.8) is 0 Å². The number of hydrogen-bond acceptors (Lipinski definition) is 4. The van der Waals surface area contributed by atoms with Gasteiger partial charge in [0, 0.05) is 6.20 Å². The maximum absolute atomic E-state index is 12.4. The zero-order valence-electron chi connectivity index (χ0n) is 11.2. The van der Waals surface area contributed by atoms with Gasteiger partial charge in [-0.2, -0.15) is 0 Å². The second kappa shape index (κ2) is 5.35. The predicted molar refractivity (Wildman–Crippen MR) is 88.2 cm³/mol. The fourth-order valence-electron chi connectivity index (χ4n) is 2.02. The van der Waals surface area contributed by atoms with Crippen molar-refractivity contribution >= 4 is 50.4 Å². The van der Waals surface area contributed by atoms with Crippen LogP contribution in [0.15, 0.2) is 36.5 Å². The van der Waals surface area contributed by atoms with E-state index >= 15 is 0 Å². The average molecular weight is 318 g/mol. The Morgan fingerprint density at radius 3 is 2.90 bits per heavy atom. The molecule has 3 rings (SSSR count). The van der Waals surface area contributed by atoms with Crippen molar-refractivity contribution in [2.75, 3.05) is 11.1 Å². The van der Waals surface area contributed by atoms with E-state index in [1.807, 2.05) is 25.1 Å². The number of carbonyl (C=O) groups is 1. The summed E-state index contributed by atoms with van der Waals surface area (Å²) in [6.07, 6.45) is 1.66. The summed E-state index contributed by atoms with van der Waals surface area (Å²) in [5.74, 6) is -0.277. The third kappa shape index (κ3) is 2.57. The molecule has 0 spiro atoms. The van der Waals surface area contributed by atoms with Gasteiger partial charge in [-0.15, -0.1) is 11.3 Å². The van der Waals surface area contributed by atoms with Gasteiger partial charge in [0.15, 0.2) is 0 Å². The van der Waals surface area contributed by atoms with E-state index in [0.717, 1.165) is 10.3 Å². The van der Waals surface area contributed by atoms with Crippen LogP contribution >= 0.6 is 22.9 Å². The molecular formula is C15H12ClN3OS. The van der Waals surface area contributed by atoms with Crippen molar-refractivity contribution in [1.82, 2.24) is 4.98 Å². The van der Waals surface area contributed by atoms with Gasteiger partial charge in [0.05, 0.1) is 21.1 Å². The average Bonchev–Trinajstić information content (AvgIpc) is 2.80. The van der Waals surface area contributed by atoms with Crippen molar-refractivity contribution in [2.45, 2.75) is 6.92 Å². The van der Waals surface area contributed by atoms with E-state index in [-0.39, 0.29) is 5.91 Å². The standard InChI is InChI=1S/C15H12ClN3OS/c1-8-4-5-10(9(16)7-8)19-15(20)14-12(17)13-11(21-14)3-2-6-18-13/h2-7H,17H2,1H3,(H,19,20). The zero-order chi connectivity index (χ0) is 15.0. The Morgan fingerprint density at radius 1 is 1.38 bits per heavy atom. The largest absolute Gasteiger partial charge is 0.396 e. The highest BCUT2D eigenvalue weighted by Crippen LogP contribution is 2.33. The van der Waals surface area contributed by atoms with Crippen molar-refractivity contribution in [2.24, 2.45) is 0 Å². The second-order valence-electron chi connectivity index (χ2n) is 4.63. The summed E-state index contributed by atoms with van der Waals surface area (Å²) in [5, 5.41) is 3.29. The molecule has 0 saturated heterocycles. The fraction of sp³-hybridized carbons (Fsp3) is 0.0667. The van der Waals surface area contributed by atoms with Gasteiger partial charge in [0.25, 0.3) is 5.91 Å². The lowest BCUT2D eigenvalue weighted by molar-refractivity contribution is 0.103. The van der Waals surface area contributed by atoms with Crippen LogP contribution in [0.4, 0.5) is 11.4 Å². The fourth-order valence-corrected chi connectivity index (χ4v) is 3.28. The van der Waals surface area contributed by atoms with E-state index in [9.17, 15) is 4.79 Å². The molecule has 4 nitrogen and oxygen atoms in total. The van der Waals surface area contributed by atoms with Crippen LogP contribution in [0.1, 0.15) is 15.2 Å². The van der Waals surface area contributed by atoms with Crippen LogP contribution < -0.4 is 11.1 Å². The van der Waals surface area contributed by atoms with Crippen molar-refractivity contribution in [1.29, 1.82) is 0 Å². The molecule has 0 unspecified atom stereocenters. The van der Waals surface area contributed by atoms with Crippen LogP contribution in [0, 0.1) is 6.92 Å². The van der Waals surface area contributed by atoms with Gasteiger partial charge in [0.2, 0.25) is 0 Å². The van der Waals surface area contributed by atoms with Gasteiger partial charge in [0.1, 0.15) is 10.4 Å². The number of anilines is 2. The molecule has 0 aliphatic carbocycles. The van der Waals surface area contributed by atoms with Crippen LogP contribution in [0.5, 0.6) is 0 Å². The highest BCUT2D eigenvalue weighted by Gasteiger charge is 2.17. The van der Waals surface area contributed by atoms with Gasteiger partial charge in [-0.1, -0.05) is 17.7 Å². The van der Waals surface area contributed by atoms with Gasteiger partial charge in [-0.3, -0.25) is 9.78 Å². The molecule has 0 radical (unpaired) electrons. The number of halogens is 1. The molecule has 3 aromatic rings. The minimum absolute atomic E-state index is 0.277. The van der Waals surface area contributed by atoms with Crippen molar-refractivity contribution in [3.8, 4) is 0 Å². The number of fused-ring (bicyclic) bond motifs is 1. The Kier molecular flexibility index (Phi) is 3.53. The molecule has 1 aromatic carbocycles. The maximum atomic E-state index is 12.4. The first-order valence-electron chi connectivity index (χ1n) is 6.27. The molecular weight excluding hydrogens is 306 g/mol. The number of aromatic nitrogens is 1. The Balaban J connectivity index is 1.95. The quantitative estimate of drug-likeness (QED) is 0.748. The SMILES string of the molecule is Cc1ccc(NC(=O)c2sc3cccnc3c2N)c(Cl)c1. The Hall–Kier alpha value is -2.11. The lowest BCUT2D eigenvalue weighted by Crippen LogP contribution is -2.12. The van der Waals surface area contributed by atoms with Crippen LogP contribution in [-0.4, -0.2) is 10.9 Å². The number of nitrogens with one attached hydrogen (secondary N) is 1. The summed E-state index contributed by atoms with van der Waals surface area (Å²) in [7, 11) is 0. The van der Waals surface area contributed by atoms with E-state index < -0.39 is 0 Å². The lowest BCUT2D eigenvalue weighted by Gasteiger charge is -2.07. The molecule has 3 N–H and O–H groups in total. The van der Waals surface area contributed by atoms with E-state index in [4.69, 9.17) is 17.3 Å². The summed E-state index contributed by atoms with van der Waals surface area (Å²) in [6, 6.07) is 9.16. The molecule has 106 valence electrons. The lowest BCUT2D eigenvalue weighted by atomic mass is 10.2. The maximum Gasteiger partial charge on any atom is 0.267 e. The summed E-state index contributed by atoms with van der Waals surface area (Å²) in [5.41, 5.74) is 8.66. The normalized spacial score (nSPS) is 10.8. The number of nitrogen functional groups attached to an aromatic ring is 1. The first kappa shape index (κ1) is 13.9. The summed E-state index contributed by atoms with van der Waals surface area (Å²) in [6.45, 7) is 1.94. The molecule has 0 saturated carbocycles. The minimum atomic E-state index is -0.277.